The maximum absolute atomic E-state index is 11.5. The number of carbonyl (C=O) groups is 1. The molecule has 0 fully saturated rings. The molecule has 0 bridgehead atoms. The predicted octanol–water partition coefficient (Wildman–Crippen LogP) is 3.56. The molecular formula is C16H17NO3. The van der Waals surface area contributed by atoms with Crippen LogP contribution in [0, 0.1) is 0 Å². The highest BCUT2D eigenvalue weighted by Crippen LogP contribution is 2.33. The van der Waals surface area contributed by atoms with Crippen LogP contribution in [0.2, 0.25) is 0 Å². The van der Waals surface area contributed by atoms with Gasteiger partial charge in [-0.2, -0.15) is 0 Å². The van der Waals surface area contributed by atoms with Crippen LogP contribution in [0.25, 0.3) is 0 Å². The maximum atomic E-state index is 11.5. The minimum Gasteiger partial charge on any atom is -0.469 e. The summed E-state index contributed by atoms with van der Waals surface area (Å²) in [6.45, 7) is 0. The van der Waals surface area contributed by atoms with E-state index in [0.717, 1.165) is 30.7 Å². The largest absolute Gasteiger partial charge is 0.469 e. The van der Waals surface area contributed by atoms with Gasteiger partial charge in [-0.25, -0.2) is 4.79 Å². The summed E-state index contributed by atoms with van der Waals surface area (Å²) in [5.41, 5.74) is 2.70. The van der Waals surface area contributed by atoms with Crippen molar-refractivity contribution in [3.05, 3.63) is 53.5 Å². The van der Waals surface area contributed by atoms with E-state index >= 15 is 0 Å². The number of hydrogen-bond donors (Lipinski definition) is 1. The zero-order chi connectivity index (χ0) is 13.9. The number of fused-ring (bicyclic) bond motifs is 1. The Hall–Kier alpha value is -2.23. The van der Waals surface area contributed by atoms with E-state index in [2.05, 4.69) is 5.32 Å². The molecule has 104 valence electrons. The van der Waals surface area contributed by atoms with Crippen LogP contribution in [0.5, 0.6) is 0 Å². The number of nitrogens with one attached hydrogen (secondary N) is 1. The van der Waals surface area contributed by atoms with Gasteiger partial charge in [0.15, 0.2) is 0 Å². The second kappa shape index (κ2) is 5.41. The van der Waals surface area contributed by atoms with Crippen LogP contribution in [-0.4, -0.2) is 13.1 Å². The van der Waals surface area contributed by atoms with Gasteiger partial charge in [-0.15, -0.1) is 0 Å². The first-order valence-corrected chi connectivity index (χ1v) is 6.79. The number of benzene rings is 1. The molecule has 2 aromatic rings. The van der Waals surface area contributed by atoms with Crippen molar-refractivity contribution in [3.8, 4) is 0 Å². The molecule has 1 aromatic heterocycles. The van der Waals surface area contributed by atoms with Crippen LogP contribution in [0.15, 0.2) is 41.0 Å². The van der Waals surface area contributed by atoms with Crippen molar-refractivity contribution in [3.63, 3.8) is 0 Å². The fourth-order valence-corrected chi connectivity index (χ4v) is 2.69. The van der Waals surface area contributed by atoms with E-state index in [0.29, 0.717) is 5.56 Å². The average Bonchev–Trinajstić information content (AvgIpc) is 2.96. The molecule has 0 aliphatic heterocycles. The lowest BCUT2D eigenvalue weighted by Gasteiger charge is -2.24. The lowest BCUT2D eigenvalue weighted by molar-refractivity contribution is 0.0601. The van der Waals surface area contributed by atoms with Crippen LogP contribution in [0.1, 0.15) is 40.6 Å². The number of ether oxygens (including phenoxy) is 1. The van der Waals surface area contributed by atoms with E-state index in [1.807, 2.05) is 24.3 Å². The Bertz CT molecular complexity index is 618. The zero-order valence-corrected chi connectivity index (χ0v) is 11.4. The van der Waals surface area contributed by atoms with Crippen LogP contribution in [0.3, 0.4) is 0 Å². The van der Waals surface area contributed by atoms with Gasteiger partial charge in [0.05, 0.1) is 25.0 Å². The van der Waals surface area contributed by atoms with Gasteiger partial charge in [0.1, 0.15) is 5.76 Å². The number of esters is 1. The SMILES string of the molecule is COC(=O)c1cccc(NC2CCCc3occc32)c1. The molecule has 1 aliphatic carbocycles. The molecule has 0 radical (unpaired) electrons. The Morgan fingerprint density at radius 1 is 1.40 bits per heavy atom. The van der Waals surface area contributed by atoms with Gasteiger partial charge in [0.2, 0.25) is 0 Å². The summed E-state index contributed by atoms with van der Waals surface area (Å²) in [7, 11) is 1.39. The second-order valence-electron chi connectivity index (χ2n) is 4.96. The van der Waals surface area contributed by atoms with Crippen LogP contribution in [0.4, 0.5) is 5.69 Å². The zero-order valence-electron chi connectivity index (χ0n) is 11.4. The monoisotopic (exact) mass is 271 g/mol. The van der Waals surface area contributed by atoms with Crippen molar-refractivity contribution < 1.29 is 13.9 Å². The van der Waals surface area contributed by atoms with Crippen molar-refractivity contribution in [1.29, 1.82) is 0 Å². The summed E-state index contributed by atoms with van der Waals surface area (Å²) in [5, 5.41) is 3.47. The van der Waals surface area contributed by atoms with Crippen LogP contribution < -0.4 is 5.32 Å². The van der Waals surface area contributed by atoms with Gasteiger partial charge in [-0.05, 0) is 37.1 Å². The number of aryl methyl sites for hydroxylation is 1. The number of rotatable bonds is 3. The van der Waals surface area contributed by atoms with Crippen molar-refractivity contribution >= 4 is 11.7 Å². The van der Waals surface area contributed by atoms with Gasteiger partial charge in [0, 0.05) is 17.7 Å². The molecule has 1 atom stereocenters. The molecule has 4 heteroatoms. The molecule has 0 saturated carbocycles. The Kier molecular flexibility index (Phi) is 3.46. The first-order chi connectivity index (χ1) is 9.78. The molecule has 4 nitrogen and oxygen atoms in total. The fraction of sp³-hybridized carbons (Fsp3) is 0.312. The summed E-state index contributed by atoms with van der Waals surface area (Å²) in [4.78, 5) is 11.5. The van der Waals surface area contributed by atoms with E-state index in [-0.39, 0.29) is 12.0 Å². The summed E-state index contributed by atoms with van der Waals surface area (Å²) in [6, 6.07) is 9.65. The van der Waals surface area contributed by atoms with Gasteiger partial charge >= 0.3 is 5.97 Å². The molecule has 0 amide bonds. The quantitative estimate of drug-likeness (QED) is 0.867. The third-order valence-corrected chi connectivity index (χ3v) is 3.68. The van der Waals surface area contributed by atoms with Crippen LogP contribution >= 0.6 is 0 Å². The number of carbonyl (C=O) groups excluding carboxylic acids is 1. The van der Waals surface area contributed by atoms with Gasteiger partial charge in [0.25, 0.3) is 0 Å². The summed E-state index contributed by atoms with van der Waals surface area (Å²) < 4.78 is 10.2. The number of hydrogen-bond acceptors (Lipinski definition) is 4. The molecule has 1 N–H and O–H groups in total. The third kappa shape index (κ3) is 2.41. The van der Waals surface area contributed by atoms with E-state index in [9.17, 15) is 4.79 Å². The van der Waals surface area contributed by atoms with E-state index in [1.54, 1.807) is 12.3 Å². The lowest BCUT2D eigenvalue weighted by atomic mass is 9.93. The first kappa shape index (κ1) is 12.8. The fourth-order valence-electron chi connectivity index (χ4n) is 2.69. The van der Waals surface area contributed by atoms with Gasteiger partial charge in [-0.3, -0.25) is 0 Å². The Morgan fingerprint density at radius 3 is 3.15 bits per heavy atom. The molecule has 1 unspecified atom stereocenters. The third-order valence-electron chi connectivity index (χ3n) is 3.68. The van der Waals surface area contributed by atoms with Gasteiger partial charge < -0.3 is 14.5 Å². The topological polar surface area (TPSA) is 51.5 Å². The highest BCUT2D eigenvalue weighted by Gasteiger charge is 2.22. The molecule has 1 aromatic carbocycles. The molecular weight excluding hydrogens is 254 g/mol. The smallest absolute Gasteiger partial charge is 0.337 e. The van der Waals surface area contributed by atoms with Crippen LogP contribution in [-0.2, 0) is 11.2 Å². The number of furan rings is 1. The minimum atomic E-state index is -0.318. The van der Waals surface area contributed by atoms with Gasteiger partial charge in [-0.1, -0.05) is 6.07 Å². The first-order valence-electron chi connectivity index (χ1n) is 6.79. The minimum absolute atomic E-state index is 0.241. The highest BCUT2D eigenvalue weighted by molar-refractivity contribution is 5.90. The standard InChI is InChI=1S/C16H17NO3/c1-19-16(18)11-4-2-5-12(10-11)17-14-6-3-7-15-13(14)8-9-20-15/h2,4-5,8-10,14,17H,3,6-7H2,1H3. The molecule has 1 heterocycles. The summed E-state index contributed by atoms with van der Waals surface area (Å²) >= 11 is 0. The number of anilines is 1. The predicted molar refractivity (Wildman–Crippen MR) is 75.8 cm³/mol. The Balaban J connectivity index is 1.81. The Morgan fingerprint density at radius 2 is 2.30 bits per heavy atom. The molecule has 0 saturated heterocycles. The number of methoxy groups -OCH3 is 1. The maximum Gasteiger partial charge on any atom is 0.337 e. The lowest BCUT2D eigenvalue weighted by Crippen LogP contribution is -2.16. The van der Waals surface area contributed by atoms with Crippen molar-refractivity contribution in [2.45, 2.75) is 25.3 Å². The normalized spacial score (nSPS) is 17.4. The molecule has 20 heavy (non-hydrogen) atoms. The van der Waals surface area contributed by atoms with E-state index < -0.39 is 0 Å². The van der Waals surface area contributed by atoms with Crippen molar-refractivity contribution in [2.24, 2.45) is 0 Å². The molecule has 1 aliphatic rings. The second-order valence-corrected chi connectivity index (χ2v) is 4.96. The van der Waals surface area contributed by atoms with Crippen molar-refractivity contribution in [2.75, 3.05) is 12.4 Å². The summed E-state index contributed by atoms with van der Waals surface area (Å²) in [5.74, 6) is 0.749. The van der Waals surface area contributed by atoms with Crippen molar-refractivity contribution in [1.82, 2.24) is 0 Å². The summed E-state index contributed by atoms with van der Waals surface area (Å²) in [6.07, 6.45) is 4.92. The van der Waals surface area contributed by atoms with E-state index in [4.69, 9.17) is 9.15 Å². The van der Waals surface area contributed by atoms with E-state index in [1.165, 1.54) is 12.7 Å². The Labute approximate surface area is 117 Å². The highest BCUT2D eigenvalue weighted by atomic mass is 16.5. The molecule has 3 rings (SSSR count). The molecule has 0 spiro atoms. The average molecular weight is 271 g/mol.